The average molecular weight is 337 g/mol. The van der Waals surface area contributed by atoms with Gasteiger partial charge in [-0.3, -0.25) is 4.79 Å². The quantitative estimate of drug-likeness (QED) is 0.787. The number of carbonyl (C=O) groups is 1. The highest BCUT2D eigenvalue weighted by atomic mass is 16.2. The minimum absolute atomic E-state index is 0.105. The number of fused-ring (bicyclic) bond motifs is 1. The smallest absolute Gasteiger partial charge is 0.274 e. The fourth-order valence-corrected chi connectivity index (χ4v) is 2.60. The van der Waals surface area contributed by atoms with Crippen LogP contribution < -0.4 is 5.32 Å². The highest BCUT2D eigenvalue weighted by molar-refractivity contribution is 6.04. The standard InChI is InChI=1S/C19H23N5O/c1-12(2)24-18-15(17(22-24)19(25)23(4)5)10-11-16(21-18)20-14-8-6-13(3)7-9-14/h6-12H,1-5H3,(H,20,21). The van der Waals surface area contributed by atoms with Crippen molar-refractivity contribution >= 4 is 28.4 Å². The van der Waals surface area contributed by atoms with Crippen LogP contribution in [0.1, 0.15) is 35.9 Å². The summed E-state index contributed by atoms with van der Waals surface area (Å²) in [5, 5.41) is 8.57. The van der Waals surface area contributed by atoms with Crippen molar-refractivity contribution in [2.24, 2.45) is 0 Å². The molecule has 6 heteroatoms. The van der Waals surface area contributed by atoms with Gasteiger partial charge < -0.3 is 10.2 Å². The lowest BCUT2D eigenvalue weighted by molar-refractivity contribution is 0.0822. The van der Waals surface area contributed by atoms with E-state index >= 15 is 0 Å². The number of nitrogens with one attached hydrogen (secondary N) is 1. The Balaban J connectivity index is 2.05. The van der Waals surface area contributed by atoms with Crippen LogP contribution in [0.3, 0.4) is 0 Å². The maximum Gasteiger partial charge on any atom is 0.274 e. The molecule has 0 unspecified atom stereocenters. The third kappa shape index (κ3) is 3.33. The Hall–Kier alpha value is -2.89. The Morgan fingerprint density at radius 1 is 1.12 bits per heavy atom. The van der Waals surface area contributed by atoms with E-state index in [0.29, 0.717) is 11.3 Å². The maximum absolute atomic E-state index is 12.4. The van der Waals surface area contributed by atoms with E-state index in [2.05, 4.69) is 17.3 Å². The van der Waals surface area contributed by atoms with Gasteiger partial charge in [-0.1, -0.05) is 17.7 Å². The maximum atomic E-state index is 12.4. The summed E-state index contributed by atoms with van der Waals surface area (Å²) in [4.78, 5) is 18.6. The highest BCUT2D eigenvalue weighted by Gasteiger charge is 2.21. The Morgan fingerprint density at radius 3 is 2.40 bits per heavy atom. The first-order chi connectivity index (χ1) is 11.9. The first-order valence-corrected chi connectivity index (χ1v) is 8.31. The molecule has 1 N–H and O–H groups in total. The molecule has 0 atom stereocenters. The van der Waals surface area contributed by atoms with Crippen LogP contribution in [0.25, 0.3) is 11.0 Å². The molecule has 0 radical (unpaired) electrons. The largest absolute Gasteiger partial charge is 0.343 e. The molecule has 0 aliphatic heterocycles. The van der Waals surface area contributed by atoms with E-state index in [0.717, 1.165) is 16.9 Å². The lowest BCUT2D eigenvalue weighted by Crippen LogP contribution is -2.22. The zero-order valence-corrected chi connectivity index (χ0v) is 15.2. The van der Waals surface area contributed by atoms with Crippen molar-refractivity contribution < 1.29 is 4.79 Å². The van der Waals surface area contributed by atoms with Gasteiger partial charge in [0.2, 0.25) is 0 Å². The number of aryl methyl sites for hydroxylation is 1. The van der Waals surface area contributed by atoms with Crippen LogP contribution in [-0.2, 0) is 0 Å². The topological polar surface area (TPSA) is 63.1 Å². The summed E-state index contributed by atoms with van der Waals surface area (Å²) in [7, 11) is 3.45. The van der Waals surface area contributed by atoms with E-state index in [-0.39, 0.29) is 11.9 Å². The highest BCUT2D eigenvalue weighted by Crippen LogP contribution is 2.24. The van der Waals surface area contributed by atoms with E-state index in [1.54, 1.807) is 18.8 Å². The van der Waals surface area contributed by atoms with Gasteiger partial charge in [0.15, 0.2) is 11.3 Å². The molecule has 0 saturated heterocycles. The van der Waals surface area contributed by atoms with Gasteiger partial charge in [-0.25, -0.2) is 9.67 Å². The van der Waals surface area contributed by atoms with Crippen molar-refractivity contribution in [3.63, 3.8) is 0 Å². The van der Waals surface area contributed by atoms with Gasteiger partial charge in [0.05, 0.1) is 5.39 Å². The summed E-state index contributed by atoms with van der Waals surface area (Å²) in [6.07, 6.45) is 0. The molecule has 3 rings (SSSR count). The lowest BCUT2D eigenvalue weighted by atomic mass is 10.2. The zero-order valence-electron chi connectivity index (χ0n) is 15.2. The van der Waals surface area contributed by atoms with Crippen LogP contribution in [0.5, 0.6) is 0 Å². The summed E-state index contributed by atoms with van der Waals surface area (Å²) in [5.74, 6) is 0.604. The van der Waals surface area contributed by atoms with Crippen LogP contribution in [0.15, 0.2) is 36.4 Å². The lowest BCUT2D eigenvalue weighted by Gasteiger charge is -2.09. The number of nitrogens with zero attached hydrogens (tertiary/aromatic N) is 4. The molecule has 0 aliphatic carbocycles. The second-order valence-corrected chi connectivity index (χ2v) is 6.65. The summed E-state index contributed by atoms with van der Waals surface area (Å²) in [6, 6.07) is 12.0. The molecule has 1 amide bonds. The van der Waals surface area contributed by atoms with Crippen LogP contribution in [0, 0.1) is 6.92 Å². The molecule has 130 valence electrons. The SMILES string of the molecule is Cc1ccc(Nc2ccc3c(C(=O)N(C)C)nn(C(C)C)c3n2)cc1. The molecule has 0 bridgehead atoms. The summed E-state index contributed by atoms with van der Waals surface area (Å²) < 4.78 is 1.80. The zero-order chi connectivity index (χ0) is 18.1. The number of amides is 1. The summed E-state index contributed by atoms with van der Waals surface area (Å²) in [6.45, 7) is 6.11. The molecule has 0 aliphatic rings. The molecule has 2 heterocycles. The second kappa shape index (κ2) is 6.55. The number of anilines is 2. The van der Waals surface area contributed by atoms with E-state index in [1.165, 1.54) is 10.5 Å². The molecular weight excluding hydrogens is 314 g/mol. The van der Waals surface area contributed by atoms with Gasteiger partial charge in [-0.2, -0.15) is 5.10 Å². The monoisotopic (exact) mass is 337 g/mol. The Morgan fingerprint density at radius 2 is 1.80 bits per heavy atom. The minimum Gasteiger partial charge on any atom is -0.343 e. The predicted molar refractivity (Wildman–Crippen MR) is 100 cm³/mol. The summed E-state index contributed by atoms with van der Waals surface area (Å²) >= 11 is 0. The number of hydrogen-bond donors (Lipinski definition) is 1. The number of aromatic nitrogens is 3. The van der Waals surface area contributed by atoms with Gasteiger partial charge >= 0.3 is 0 Å². The van der Waals surface area contributed by atoms with Gasteiger partial charge in [0, 0.05) is 25.8 Å². The molecule has 0 spiro atoms. The van der Waals surface area contributed by atoms with Crippen molar-refractivity contribution in [2.45, 2.75) is 26.8 Å². The third-order valence-electron chi connectivity index (χ3n) is 3.98. The van der Waals surface area contributed by atoms with E-state index in [4.69, 9.17) is 4.98 Å². The molecular formula is C19H23N5O. The fraction of sp³-hybridized carbons (Fsp3) is 0.316. The third-order valence-corrected chi connectivity index (χ3v) is 3.98. The number of benzene rings is 1. The van der Waals surface area contributed by atoms with Gasteiger partial charge in [0.25, 0.3) is 5.91 Å². The molecule has 2 aromatic heterocycles. The molecule has 25 heavy (non-hydrogen) atoms. The number of hydrogen-bond acceptors (Lipinski definition) is 4. The molecule has 0 fully saturated rings. The first-order valence-electron chi connectivity index (χ1n) is 8.31. The molecule has 1 aromatic carbocycles. The van der Waals surface area contributed by atoms with Crippen LogP contribution in [0.4, 0.5) is 11.5 Å². The van der Waals surface area contributed by atoms with Crippen molar-refractivity contribution in [2.75, 3.05) is 19.4 Å². The number of carbonyl (C=O) groups excluding carboxylic acids is 1. The van der Waals surface area contributed by atoms with Crippen molar-refractivity contribution in [3.8, 4) is 0 Å². The number of rotatable bonds is 4. The number of pyridine rings is 1. The molecule has 3 aromatic rings. The van der Waals surface area contributed by atoms with Gasteiger partial charge in [-0.05, 0) is 45.0 Å². The van der Waals surface area contributed by atoms with Crippen molar-refractivity contribution in [3.05, 3.63) is 47.7 Å². The average Bonchev–Trinajstić information content (AvgIpc) is 2.95. The summed E-state index contributed by atoms with van der Waals surface area (Å²) in [5.41, 5.74) is 3.32. The van der Waals surface area contributed by atoms with E-state index in [1.807, 2.05) is 50.2 Å². The van der Waals surface area contributed by atoms with Crippen molar-refractivity contribution in [1.82, 2.24) is 19.7 Å². The first kappa shape index (κ1) is 17.0. The predicted octanol–water partition coefficient (Wildman–Crippen LogP) is 3.77. The van der Waals surface area contributed by atoms with Crippen molar-refractivity contribution in [1.29, 1.82) is 0 Å². The van der Waals surface area contributed by atoms with Gasteiger partial charge in [-0.15, -0.1) is 0 Å². The molecule has 0 saturated carbocycles. The molecule has 6 nitrogen and oxygen atoms in total. The Labute approximate surface area is 147 Å². The van der Waals surface area contributed by atoms with Crippen LogP contribution in [-0.4, -0.2) is 39.7 Å². The minimum atomic E-state index is -0.120. The normalized spacial score (nSPS) is 11.1. The Bertz CT molecular complexity index is 909. The van der Waals surface area contributed by atoms with Gasteiger partial charge in [0.1, 0.15) is 5.82 Å². The van der Waals surface area contributed by atoms with E-state index in [9.17, 15) is 4.79 Å². The van der Waals surface area contributed by atoms with Crippen LogP contribution >= 0.6 is 0 Å². The van der Waals surface area contributed by atoms with Crippen LogP contribution in [0.2, 0.25) is 0 Å². The fourth-order valence-electron chi connectivity index (χ4n) is 2.60. The Kier molecular flexibility index (Phi) is 4.44. The van der Waals surface area contributed by atoms with E-state index < -0.39 is 0 Å². The second-order valence-electron chi connectivity index (χ2n) is 6.65.